The summed E-state index contributed by atoms with van der Waals surface area (Å²) in [7, 11) is 1.52. The fraction of sp³-hybridized carbons (Fsp3) is 0.320. The molecule has 9 heteroatoms. The number of hydrogen-bond donors (Lipinski definition) is 1. The third-order valence-electron chi connectivity index (χ3n) is 6.12. The maximum atomic E-state index is 13.5. The van der Waals surface area contributed by atoms with E-state index in [0.717, 1.165) is 18.2 Å². The normalized spacial score (nSPS) is 20.5. The van der Waals surface area contributed by atoms with E-state index < -0.39 is 29.5 Å². The number of allylic oxidation sites excluding steroid dienone is 2. The SMILES string of the molecule is COc1cccc([C@H]2C3=C(CCCC3=O)N=C(C)C2C(=O)Nc2cc(C(F)(F)F)ccc2Cl)c1. The Bertz CT molecular complexity index is 1220. The van der Waals surface area contributed by atoms with Crippen molar-refractivity contribution < 1.29 is 27.5 Å². The maximum absolute atomic E-state index is 13.5. The summed E-state index contributed by atoms with van der Waals surface area (Å²) < 4.78 is 45.0. The molecule has 1 heterocycles. The highest BCUT2D eigenvalue weighted by molar-refractivity contribution is 6.34. The standard InChI is InChI=1S/C25H22ClF3N2O3/c1-13-21(24(33)31-19-12-15(25(27,28)29)9-10-17(19)26)22(14-5-3-6-16(11-14)34-2)23-18(30-13)7-4-8-20(23)32/h3,5-6,9-12,21-22H,4,7-8H2,1-2H3,(H,31,33)/t21?,22-/m1/s1. The number of Topliss-reactive ketones (excluding diaryl/α,β-unsaturated/α-hetero) is 1. The van der Waals surface area contributed by atoms with E-state index in [1.54, 1.807) is 31.2 Å². The Labute approximate surface area is 199 Å². The van der Waals surface area contributed by atoms with Gasteiger partial charge in [-0.05, 0) is 55.7 Å². The second kappa shape index (κ2) is 9.25. The molecule has 4 rings (SSSR count). The number of rotatable bonds is 4. The number of methoxy groups -OCH3 is 1. The first-order valence-electron chi connectivity index (χ1n) is 10.7. The monoisotopic (exact) mass is 490 g/mol. The molecule has 0 bridgehead atoms. The first-order chi connectivity index (χ1) is 16.1. The molecule has 2 aromatic carbocycles. The van der Waals surface area contributed by atoms with Crippen LogP contribution in [0.2, 0.25) is 5.02 Å². The summed E-state index contributed by atoms with van der Waals surface area (Å²) in [6, 6.07) is 9.81. The van der Waals surface area contributed by atoms with Gasteiger partial charge in [0.2, 0.25) is 5.91 Å². The number of ether oxygens (including phenoxy) is 1. The molecular formula is C25H22ClF3N2O3. The first kappa shape index (κ1) is 24.0. The van der Waals surface area contributed by atoms with Crippen LogP contribution >= 0.6 is 11.6 Å². The average Bonchev–Trinajstić information content (AvgIpc) is 2.79. The van der Waals surface area contributed by atoms with E-state index in [1.807, 2.05) is 0 Å². The number of alkyl halides is 3. The summed E-state index contributed by atoms with van der Waals surface area (Å²) in [5, 5.41) is 2.52. The molecule has 178 valence electrons. The molecule has 2 aliphatic rings. The summed E-state index contributed by atoms with van der Waals surface area (Å²) in [5.41, 5.74) is 1.20. The van der Waals surface area contributed by atoms with Crippen molar-refractivity contribution in [2.24, 2.45) is 10.9 Å². The van der Waals surface area contributed by atoms with Crippen molar-refractivity contribution in [2.75, 3.05) is 12.4 Å². The molecule has 1 aliphatic heterocycles. The van der Waals surface area contributed by atoms with Gasteiger partial charge in [0.25, 0.3) is 0 Å². The molecular weight excluding hydrogens is 469 g/mol. The fourth-order valence-corrected chi connectivity index (χ4v) is 4.71. The van der Waals surface area contributed by atoms with Gasteiger partial charge in [0.15, 0.2) is 5.78 Å². The van der Waals surface area contributed by atoms with Crippen LogP contribution in [0.4, 0.5) is 18.9 Å². The third kappa shape index (κ3) is 4.59. The molecule has 2 atom stereocenters. The number of carbonyl (C=O) groups excluding carboxylic acids is 2. The highest BCUT2D eigenvalue weighted by atomic mass is 35.5. The molecule has 1 N–H and O–H groups in total. The second-order valence-electron chi connectivity index (χ2n) is 8.30. The highest BCUT2D eigenvalue weighted by Crippen LogP contribution is 2.44. The van der Waals surface area contributed by atoms with E-state index in [2.05, 4.69) is 10.3 Å². The first-order valence-corrected chi connectivity index (χ1v) is 11.1. The van der Waals surface area contributed by atoms with Crippen molar-refractivity contribution in [1.29, 1.82) is 0 Å². The minimum Gasteiger partial charge on any atom is -0.497 e. The average molecular weight is 491 g/mol. The van der Waals surface area contributed by atoms with Gasteiger partial charge in [-0.1, -0.05) is 23.7 Å². The zero-order valence-corrected chi connectivity index (χ0v) is 19.3. The van der Waals surface area contributed by atoms with Crippen LogP contribution in [0.5, 0.6) is 5.75 Å². The third-order valence-corrected chi connectivity index (χ3v) is 6.45. The summed E-state index contributed by atoms with van der Waals surface area (Å²) in [4.78, 5) is 31.1. The maximum Gasteiger partial charge on any atom is 0.416 e. The number of benzene rings is 2. The fourth-order valence-electron chi connectivity index (χ4n) is 4.55. The van der Waals surface area contributed by atoms with Crippen molar-refractivity contribution in [3.05, 3.63) is 69.9 Å². The predicted octanol–water partition coefficient (Wildman–Crippen LogP) is 6.19. The number of ketones is 1. The molecule has 0 fully saturated rings. The van der Waals surface area contributed by atoms with Crippen LogP contribution in [0.3, 0.4) is 0 Å². The number of nitrogens with zero attached hydrogens (tertiary/aromatic N) is 1. The van der Waals surface area contributed by atoms with Crippen molar-refractivity contribution in [3.8, 4) is 5.75 Å². The van der Waals surface area contributed by atoms with E-state index >= 15 is 0 Å². The van der Waals surface area contributed by atoms with E-state index in [0.29, 0.717) is 47.6 Å². The Morgan fingerprint density at radius 3 is 2.65 bits per heavy atom. The Morgan fingerprint density at radius 2 is 1.94 bits per heavy atom. The Hall–Kier alpha value is -3.13. The van der Waals surface area contributed by atoms with Gasteiger partial charge in [-0.15, -0.1) is 0 Å². The predicted molar refractivity (Wildman–Crippen MR) is 123 cm³/mol. The van der Waals surface area contributed by atoms with Gasteiger partial charge in [-0.2, -0.15) is 13.2 Å². The Morgan fingerprint density at radius 1 is 1.18 bits per heavy atom. The van der Waals surface area contributed by atoms with Gasteiger partial charge in [0, 0.05) is 29.3 Å². The van der Waals surface area contributed by atoms with E-state index in [4.69, 9.17) is 16.3 Å². The summed E-state index contributed by atoms with van der Waals surface area (Å²) >= 11 is 6.10. The Balaban J connectivity index is 1.78. The highest BCUT2D eigenvalue weighted by Gasteiger charge is 2.42. The van der Waals surface area contributed by atoms with E-state index in [1.165, 1.54) is 7.11 Å². The topological polar surface area (TPSA) is 67.8 Å². The minimum atomic E-state index is -4.59. The molecule has 0 radical (unpaired) electrons. The van der Waals surface area contributed by atoms with Gasteiger partial charge >= 0.3 is 6.18 Å². The largest absolute Gasteiger partial charge is 0.497 e. The summed E-state index contributed by atoms with van der Waals surface area (Å²) in [6.45, 7) is 1.69. The molecule has 1 amide bonds. The number of amides is 1. The van der Waals surface area contributed by atoms with Crippen molar-refractivity contribution >= 4 is 34.7 Å². The van der Waals surface area contributed by atoms with Gasteiger partial charge in [0.05, 0.1) is 29.3 Å². The van der Waals surface area contributed by atoms with Crippen LogP contribution in [0.15, 0.2) is 58.7 Å². The lowest BCUT2D eigenvalue weighted by molar-refractivity contribution is -0.137. The van der Waals surface area contributed by atoms with Crippen LogP contribution in [-0.2, 0) is 15.8 Å². The molecule has 1 unspecified atom stereocenters. The lowest BCUT2D eigenvalue weighted by atomic mass is 9.71. The molecule has 34 heavy (non-hydrogen) atoms. The molecule has 0 spiro atoms. The lowest BCUT2D eigenvalue weighted by Crippen LogP contribution is -2.39. The van der Waals surface area contributed by atoms with Crippen molar-refractivity contribution in [3.63, 3.8) is 0 Å². The lowest BCUT2D eigenvalue weighted by Gasteiger charge is -2.35. The van der Waals surface area contributed by atoms with Crippen LogP contribution in [-0.4, -0.2) is 24.5 Å². The smallest absolute Gasteiger partial charge is 0.416 e. The van der Waals surface area contributed by atoms with Crippen LogP contribution in [0.25, 0.3) is 0 Å². The minimum absolute atomic E-state index is 0.0293. The number of halogens is 4. The van der Waals surface area contributed by atoms with Crippen LogP contribution < -0.4 is 10.1 Å². The molecule has 5 nitrogen and oxygen atoms in total. The van der Waals surface area contributed by atoms with Gasteiger partial charge in [-0.3, -0.25) is 14.6 Å². The second-order valence-corrected chi connectivity index (χ2v) is 8.71. The zero-order valence-electron chi connectivity index (χ0n) is 18.5. The summed E-state index contributed by atoms with van der Waals surface area (Å²) in [5.74, 6) is -1.69. The van der Waals surface area contributed by atoms with Crippen molar-refractivity contribution in [1.82, 2.24) is 0 Å². The molecule has 0 saturated heterocycles. The molecule has 2 aromatic rings. The van der Waals surface area contributed by atoms with E-state index in [9.17, 15) is 22.8 Å². The van der Waals surface area contributed by atoms with E-state index in [-0.39, 0.29) is 16.5 Å². The molecule has 0 aromatic heterocycles. The number of carbonyl (C=O) groups is 2. The van der Waals surface area contributed by atoms with Gasteiger partial charge in [-0.25, -0.2) is 0 Å². The number of anilines is 1. The molecule has 1 aliphatic carbocycles. The number of aliphatic imine (C=N–C) groups is 1. The number of nitrogens with one attached hydrogen (secondary N) is 1. The Kier molecular flexibility index (Phi) is 6.53. The van der Waals surface area contributed by atoms with Gasteiger partial charge < -0.3 is 10.1 Å². The van der Waals surface area contributed by atoms with Gasteiger partial charge in [0.1, 0.15) is 5.75 Å². The van der Waals surface area contributed by atoms with Crippen molar-refractivity contribution in [2.45, 2.75) is 38.3 Å². The van der Waals surface area contributed by atoms with Crippen LogP contribution in [0, 0.1) is 5.92 Å². The zero-order chi connectivity index (χ0) is 24.6. The quantitative estimate of drug-likeness (QED) is 0.556. The summed E-state index contributed by atoms with van der Waals surface area (Å²) in [6.07, 6.45) is -2.95. The van der Waals surface area contributed by atoms with Crippen LogP contribution in [0.1, 0.15) is 43.2 Å². The molecule has 0 saturated carbocycles. The number of hydrogen-bond acceptors (Lipinski definition) is 4.